The Morgan fingerprint density at radius 1 is 1.39 bits per heavy atom. The Labute approximate surface area is 109 Å². The van der Waals surface area contributed by atoms with Crippen molar-refractivity contribution >= 4 is 11.7 Å². The van der Waals surface area contributed by atoms with Crippen molar-refractivity contribution in [2.75, 3.05) is 5.32 Å². The van der Waals surface area contributed by atoms with Gasteiger partial charge >= 0.3 is 0 Å². The summed E-state index contributed by atoms with van der Waals surface area (Å²) in [5.74, 6) is 1.16. The van der Waals surface area contributed by atoms with E-state index in [-0.39, 0.29) is 11.3 Å². The van der Waals surface area contributed by atoms with Crippen molar-refractivity contribution in [3.8, 4) is 0 Å². The van der Waals surface area contributed by atoms with Gasteiger partial charge in [0.2, 0.25) is 5.91 Å². The predicted octanol–water partition coefficient (Wildman–Crippen LogP) is 3.44. The van der Waals surface area contributed by atoms with Crippen molar-refractivity contribution in [2.24, 2.45) is 5.41 Å². The molecule has 0 unspecified atom stereocenters. The number of hydrogen-bond acceptors (Lipinski definition) is 2. The number of anilines is 1. The third kappa shape index (κ3) is 2.74. The zero-order valence-electron chi connectivity index (χ0n) is 11.5. The standard InChI is InChI=1S/C14H23N3O/c1-10(2)11-9-12(17-16-11)15-13(18)14(3)7-5-4-6-8-14/h9-10H,4-8H2,1-3H3,(H2,15,16,17,18). The highest BCUT2D eigenvalue weighted by molar-refractivity contribution is 5.94. The Bertz CT molecular complexity index is 416. The van der Waals surface area contributed by atoms with Crippen molar-refractivity contribution in [3.63, 3.8) is 0 Å². The summed E-state index contributed by atoms with van der Waals surface area (Å²) in [6.45, 7) is 6.26. The van der Waals surface area contributed by atoms with Crippen LogP contribution in [0.4, 0.5) is 5.82 Å². The van der Waals surface area contributed by atoms with Gasteiger partial charge in [-0.1, -0.05) is 40.0 Å². The van der Waals surface area contributed by atoms with E-state index in [2.05, 4.69) is 36.3 Å². The molecule has 0 aromatic carbocycles. The molecule has 1 aliphatic carbocycles. The summed E-state index contributed by atoms with van der Waals surface area (Å²) in [4.78, 5) is 12.3. The smallest absolute Gasteiger partial charge is 0.231 e. The molecule has 1 heterocycles. The number of carbonyl (C=O) groups is 1. The van der Waals surface area contributed by atoms with Gasteiger partial charge in [0.05, 0.1) is 0 Å². The largest absolute Gasteiger partial charge is 0.309 e. The fourth-order valence-corrected chi connectivity index (χ4v) is 2.52. The summed E-state index contributed by atoms with van der Waals surface area (Å²) in [6, 6.07) is 1.93. The second-order valence-electron chi connectivity index (χ2n) is 5.94. The topological polar surface area (TPSA) is 57.8 Å². The van der Waals surface area contributed by atoms with E-state index in [0.717, 1.165) is 31.4 Å². The lowest BCUT2D eigenvalue weighted by Crippen LogP contribution is -2.35. The van der Waals surface area contributed by atoms with Crippen LogP contribution in [0, 0.1) is 5.41 Å². The molecule has 1 fully saturated rings. The number of amides is 1. The molecule has 2 N–H and O–H groups in total. The summed E-state index contributed by atoms with van der Waals surface area (Å²) >= 11 is 0. The monoisotopic (exact) mass is 249 g/mol. The van der Waals surface area contributed by atoms with E-state index in [1.807, 2.05) is 6.07 Å². The van der Waals surface area contributed by atoms with Gasteiger partial charge in [0.1, 0.15) is 0 Å². The normalized spacial score (nSPS) is 18.9. The first-order valence-corrected chi connectivity index (χ1v) is 6.88. The minimum atomic E-state index is -0.213. The van der Waals surface area contributed by atoms with E-state index in [4.69, 9.17) is 0 Å². The predicted molar refractivity (Wildman–Crippen MR) is 72.5 cm³/mol. The molecule has 2 rings (SSSR count). The van der Waals surface area contributed by atoms with Gasteiger partial charge in [-0.25, -0.2) is 0 Å². The first-order chi connectivity index (χ1) is 8.51. The number of aromatic nitrogens is 2. The van der Waals surface area contributed by atoms with E-state index in [9.17, 15) is 4.79 Å². The van der Waals surface area contributed by atoms with Gasteiger partial charge < -0.3 is 5.32 Å². The van der Waals surface area contributed by atoms with Gasteiger partial charge in [0.25, 0.3) is 0 Å². The van der Waals surface area contributed by atoms with Crippen LogP contribution in [0.3, 0.4) is 0 Å². The molecule has 0 spiro atoms. The van der Waals surface area contributed by atoms with E-state index in [0.29, 0.717) is 11.7 Å². The number of hydrogen-bond donors (Lipinski definition) is 2. The molecule has 4 nitrogen and oxygen atoms in total. The second-order valence-corrected chi connectivity index (χ2v) is 5.94. The molecule has 1 aromatic heterocycles. The molecule has 0 saturated heterocycles. The van der Waals surface area contributed by atoms with Crippen LogP contribution in [0.5, 0.6) is 0 Å². The van der Waals surface area contributed by atoms with Crippen LogP contribution in [0.1, 0.15) is 64.5 Å². The summed E-state index contributed by atoms with van der Waals surface area (Å²) in [5, 5.41) is 10.1. The number of nitrogens with one attached hydrogen (secondary N) is 2. The van der Waals surface area contributed by atoms with Gasteiger partial charge in [0, 0.05) is 17.2 Å². The van der Waals surface area contributed by atoms with Gasteiger partial charge in [-0.05, 0) is 18.8 Å². The van der Waals surface area contributed by atoms with Crippen LogP contribution in [0.25, 0.3) is 0 Å². The number of nitrogens with zero attached hydrogens (tertiary/aromatic N) is 1. The van der Waals surface area contributed by atoms with Gasteiger partial charge in [-0.2, -0.15) is 5.10 Å². The molecular formula is C14H23N3O. The maximum absolute atomic E-state index is 12.3. The van der Waals surface area contributed by atoms with Crippen LogP contribution in [0.15, 0.2) is 6.07 Å². The minimum absolute atomic E-state index is 0.115. The minimum Gasteiger partial charge on any atom is -0.309 e. The van der Waals surface area contributed by atoms with Crippen LogP contribution >= 0.6 is 0 Å². The summed E-state index contributed by atoms with van der Waals surface area (Å²) in [7, 11) is 0. The lowest BCUT2D eigenvalue weighted by Gasteiger charge is -2.31. The van der Waals surface area contributed by atoms with Crippen molar-refractivity contribution in [2.45, 2.75) is 58.8 Å². The molecule has 0 atom stereocenters. The molecule has 100 valence electrons. The first kappa shape index (κ1) is 13.1. The van der Waals surface area contributed by atoms with Gasteiger partial charge in [-0.3, -0.25) is 9.89 Å². The fourth-order valence-electron chi connectivity index (χ4n) is 2.52. The molecule has 1 aromatic rings. The van der Waals surface area contributed by atoms with Crippen LogP contribution in [0.2, 0.25) is 0 Å². The molecular weight excluding hydrogens is 226 g/mol. The molecule has 1 amide bonds. The highest BCUT2D eigenvalue weighted by atomic mass is 16.2. The SMILES string of the molecule is CC(C)c1cc(NC(=O)C2(C)CCCCC2)n[nH]1. The van der Waals surface area contributed by atoms with Crippen molar-refractivity contribution < 1.29 is 4.79 Å². The zero-order chi connectivity index (χ0) is 13.2. The van der Waals surface area contributed by atoms with E-state index in [1.54, 1.807) is 0 Å². The van der Waals surface area contributed by atoms with E-state index >= 15 is 0 Å². The molecule has 0 bridgehead atoms. The molecule has 1 saturated carbocycles. The summed E-state index contributed by atoms with van der Waals surface area (Å²) in [5.41, 5.74) is 0.842. The summed E-state index contributed by atoms with van der Waals surface area (Å²) in [6.07, 6.45) is 5.53. The average Bonchev–Trinajstić information content (AvgIpc) is 2.78. The van der Waals surface area contributed by atoms with Crippen LogP contribution < -0.4 is 5.32 Å². The van der Waals surface area contributed by atoms with Gasteiger partial charge in [0.15, 0.2) is 5.82 Å². The highest BCUT2D eigenvalue weighted by Crippen LogP contribution is 2.36. The van der Waals surface area contributed by atoms with E-state index < -0.39 is 0 Å². The molecule has 0 aliphatic heterocycles. The molecule has 0 radical (unpaired) electrons. The fraction of sp³-hybridized carbons (Fsp3) is 0.714. The van der Waals surface area contributed by atoms with Crippen molar-refractivity contribution in [1.82, 2.24) is 10.2 Å². The van der Waals surface area contributed by atoms with Gasteiger partial charge in [-0.15, -0.1) is 0 Å². The Morgan fingerprint density at radius 2 is 2.06 bits per heavy atom. The Balaban J connectivity index is 2.01. The third-order valence-corrected chi connectivity index (χ3v) is 3.97. The second kappa shape index (κ2) is 5.12. The Hall–Kier alpha value is -1.32. The quantitative estimate of drug-likeness (QED) is 0.862. The third-order valence-electron chi connectivity index (χ3n) is 3.97. The van der Waals surface area contributed by atoms with Crippen molar-refractivity contribution in [3.05, 3.63) is 11.8 Å². The van der Waals surface area contributed by atoms with Crippen LogP contribution in [-0.4, -0.2) is 16.1 Å². The maximum Gasteiger partial charge on any atom is 0.231 e. The molecule has 4 heteroatoms. The lowest BCUT2D eigenvalue weighted by atomic mass is 9.75. The first-order valence-electron chi connectivity index (χ1n) is 6.88. The molecule has 1 aliphatic rings. The number of rotatable bonds is 3. The number of aromatic amines is 1. The highest BCUT2D eigenvalue weighted by Gasteiger charge is 2.34. The Kier molecular flexibility index (Phi) is 3.73. The maximum atomic E-state index is 12.3. The summed E-state index contributed by atoms with van der Waals surface area (Å²) < 4.78 is 0. The lowest BCUT2D eigenvalue weighted by molar-refractivity contribution is -0.126. The number of carbonyl (C=O) groups excluding carboxylic acids is 1. The van der Waals surface area contributed by atoms with E-state index in [1.165, 1.54) is 6.42 Å². The van der Waals surface area contributed by atoms with Crippen molar-refractivity contribution in [1.29, 1.82) is 0 Å². The number of H-pyrrole nitrogens is 1. The average molecular weight is 249 g/mol. The molecule has 18 heavy (non-hydrogen) atoms. The zero-order valence-corrected chi connectivity index (χ0v) is 11.5. The van der Waals surface area contributed by atoms with Crippen LogP contribution in [-0.2, 0) is 4.79 Å². The Morgan fingerprint density at radius 3 is 2.61 bits per heavy atom.